The van der Waals surface area contributed by atoms with Gasteiger partial charge in [0.05, 0.1) is 4.90 Å². The summed E-state index contributed by atoms with van der Waals surface area (Å²) in [7, 11) is -3.60. The van der Waals surface area contributed by atoms with Crippen molar-refractivity contribution >= 4 is 27.7 Å². The zero-order chi connectivity index (χ0) is 21.7. The van der Waals surface area contributed by atoms with E-state index in [0.717, 1.165) is 6.08 Å². The molecule has 0 spiro atoms. The van der Waals surface area contributed by atoms with Crippen molar-refractivity contribution in [1.29, 1.82) is 0 Å². The average Bonchev–Trinajstić information content (AvgIpc) is 2.65. The molecule has 8 nitrogen and oxygen atoms in total. The summed E-state index contributed by atoms with van der Waals surface area (Å²) >= 11 is 0. The third-order valence-electron chi connectivity index (χ3n) is 4.45. The van der Waals surface area contributed by atoms with E-state index in [2.05, 4.69) is 17.2 Å². The van der Waals surface area contributed by atoms with Gasteiger partial charge in [-0.15, -0.1) is 0 Å². The predicted octanol–water partition coefficient (Wildman–Crippen LogP) is 2.74. The number of amides is 2. The number of hydrogen-bond donors (Lipinski definition) is 2. The fraction of sp³-hybridized carbons (Fsp3) is 0.500. The van der Waals surface area contributed by atoms with Gasteiger partial charge in [0, 0.05) is 25.3 Å². The lowest BCUT2D eigenvalue weighted by atomic mass is 9.98. The summed E-state index contributed by atoms with van der Waals surface area (Å²) < 4.78 is 32.3. The maximum absolute atomic E-state index is 12.8. The van der Waals surface area contributed by atoms with E-state index >= 15 is 0 Å². The number of carbonyl (C=O) groups excluding carboxylic acids is 2. The van der Waals surface area contributed by atoms with Gasteiger partial charge in [0.25, 0.3) is 0 Å². The first-order valence-corrected chi connectivity index (χ1v) is 11.0. The number of nitrogens with zero attached hydrogens (tertiary/aromatic N) is 1. The summed E-state index contributed by atoms with van der Waals surface area (Å²) in [5.41, 5.74) is -0.0493. The van der Waals surface area contributed by atoms with Gasteiger partial charge < -0.3 is 15.4 Å². The van der Waals surface area contributed by atoms with Crippen LogP contribution in [-0.4, -0.2) is 50.0 Å². The fourth-order valence-corrected chi connectivity index (χ4v) is 4.42. The van der Waals surface area contributed by atoms with E-state index < -0.39 is 21.7 Å². The van der Waals surface area contributed by atoms with E-state index in [1.54, 1.807) is 32.9 Å². The highest BCUT2D eigenvalue weighted by Crippen LogP contribution is 2.24. The van der Waals surface area contributed by atoms with Crippen LogP contribution in [0.4, 0.5) is 10.5 Å². The van der Waals surface area contributed by atoms with E-state index in [0.29, 0.717) is 38.2 Å². The van der Waals surface area contributed by atoms with E-state index in [1.807, 2.05) is 0 Å². The highest BCUT2D eigenvalue weighted by Gasteiger charge is 2.29. The molecule has 0 unspecified atom stereocenters. The highest BCUT2D eigenvalue weighted by molar-refractivity contribution is 7.89. The Labute approximate surface area is 172 Å². The Hall–Kier alpha value is -2.39. The van der Waals surface area contributed by atoms with Crippen LogP contribution >= 0.6 is 0 Å². The number of piperidine rings is 1. The van der Waals surface area contributed by atoms with Crippen LogP contribution in [0.3, 0.4) is 0 Å². The fourth-order valence-electron chi connectivity index (χ4n) is 2.95. The van der Waals surface area contributed by atoms with Gasteiger partial charge >= 0.3 is 6.09 Å². The van der Waals surface area contributed by atoms with Crippen LogP contribution in [0.2, 0.25) is 0 Å². The molecule has 0 radical (unpaired) electrons. The molecule has 0 aliphatic carbocycles. The molecular formula is C20H29N3O5S. The number of nitrogens with one attached hydrogen (secondary N) is 2. The van der Waals surface area contributed by atoms with E-state index in [-0.39, 0.29) is 16.7 Å². The lowest BCUT2D eigenvalue weighted by Gasteiger charge is -2.31. The van der Waals surface area contributed by atoms with Crippen molar-refractivity contribution in [1.82, 2.24) is 9.62 Å². The normalized spacial score (nSPS) is 16.1. The van der Waals surface area contributed by atoms with Crippen molar-refractivity contribution < 1.29 is 22.7 Å². The van der Waals surface area contributed by atoms with Crippen molar-refractivity contribution in [2.75, 3.05) is 25.0 Å². The third-order valence-corrected chi connectivity index (χ3v) is 6.37. The molecule has 9 heteroatoms. The highest BCUT2D eigenvalue weighted by atomic mass is 32.2. The van der Waals surface area contributed by atoms with Gasteiger partial charge in [-0.3, -0.25) is 4.79 Å². The van der Waals surface area contributed by atoms with Gasteiger partial charge in [-0.25, -0.2) is 13.2 Å². The number of sulfonamides is 1. The second-order valence-electron chi connectivity index (χ2n) is 7.95. The van der Waals surface area contributed by atoms with Gasteiger partial charge in [0.15, 0.2) is 0 Å². The van der Waals surface area contributed by atoms with E-state index in [9.17, 15) is 18.0 Å². The molecule has 160 valence electrons. The molecule has 1 aliphatic heterocycles. The molecule has 1 aromatic carbocycles. The van der Waals surface area contributed by atoms with Crippen LogP contribution in [0.5, 0.6) is 0 Å². The first-order chi connectivity index (χ1) is 13.5. The summed E-state index contributed by atoms with van der Waals surface area (Å²) in [5.74, 6) is -0.159. The predicted molar refractivity (Wildman–Crippen MR) is 111 cm³/mol. The third kappa shape index (κ3) is 6.86. The second-order valence-corrected chi connectivity index (χ2v) is 9.89. The first-order valence-electron chi connectivity index (χ1n) is 9.52. The standard InChI is InChI=1S/C20H29N3O5S/c1-5-18(24)22-16-6-8-17(9-7-16)29(26,27)23-12-10-15(11-13-23)14-21-19(25)28-20(2,3)4/h5-9,15H,1,10-14H2,2-4H3,(H,21,25)(H,22,24). The monoisotopic (exact) mass is 423 g/mol. The zero-order valence-electron chi connectivity index (χ0n) is 17.1. The number of benzene rings is 1. The van der Waals surface area contributed by atoms with Crippen molar-refractivity contribution in [3.63, 3.8) is 0 Å². The second kappa shape index (κ2) is 9.41. The van der Waals surface area contributed by atoms with Crippen LogP contribution in [0.15, 0.2) is 41.8 Å². The SMILES string of the molecule is C=CC(=O)Nc1ccc(S(=O)(=O)N2CCC(CNC(=O)OC(C)(C)C)CC2)cc1. The minimum Gasteiger partial charge on any atom is -0.444 e. The summed E-state index contributed by atoms with van der Waals surface area (Å²) in [6, 6.07) is 6.05. The molecule has 1 fully saturated rings. The minimum absolute atomic E-state index is 0.180. The van der Waals surface area contributed by atoms with E-state index in [1.165, 1.54) is 16.4 Å². The molecule has 2 rings (SSSR count). The number of alkyl carbamates (subject to hydrolysis) is 1. The van der Waals surface area contributed by atoms with Crippen LogP contribution in [0.25, 0.3) is 0 Å². The van der Waals surface area contributed by atoms with Crippen LogP contribution in [-0.2, 0) is 19.6 Å². The van der Waals surface area contributed by atoms with Crippen molar-refractivity contribution in [2.45, 2.75) is 44.1 Å². The summed E-state index contributed by atoms with van der Waals surface area (Å²) in [6.45, 7) is 10.0. The van der Waals surface area contributed by atoms with Crippen molar-refractivity contribution in [2.24, 2.45) is 5.92 Å². The Balaban J connectivity index is 1.88. The number of carbonyl (C=O) groups is 2. The number of hydrogen-bond acceptors (Lipinski definition) is 5. The molecule has 0 aromatic heterocycles. The number of anilines is 1. The Morgan fingerprint density at radius 1 is 1.21 bits per heavy atom. The molecule has 0 atom stereocenters. The van der Waals surface area contributed by atoms with Crippen LogP contribution < -0.4 is 10.6 Å². The van der Waals surface area contributed by atoms with E-state index in [4.69, 9.17) is 4.74 Å². The molecule has 2 amide bonds. The molecule has 29 heavy (non-hydrogen) atoms. The number of ether oxygens (including phenoxy) is 1. The molecular weight excluding hydrogens is 394 g/mol. The van der Waals surface area contributed by atoms with Gasteiger partial charge in [-0.2, -0.15) is 4.31 Å². The quantitative estimate of drug-likeness (QED) is 0.685. The Morgan fingerprint density at radius 2 is 1.79 bits per heavy atom. The molecule has 1 saturated heterocycles. The molecule has 1 aliphatic rings. The Bertz CT molecular complexity index is 836. The first kappa shape index (κ1) is 22.9. The smallest absolute Gasteiger partial charge is 0.407 e. The Kier molecular flexibility index (Phi) is 7.43. The summed E-state index contributed by atoms with van der Waals surface area (Å²) in [6.07, 6.45) is 1.99. The summed E-state index contributed by atoms with van der Waals surface area (Å²) in [5, 5.41) is 5.33. The lowest BCUT2D eigenvalue weighted by Crippen LogP contribution is -2.42. The maximum Gasteiger partial charge on any atom is 0.407 e. The van der Waals surface area contributed by atoms with Gasteiger partial charge in [-0.1, -0.05) is 6.58 Å². The van der Waals surface area contributed by atoms with Gasteiger partial charge in [-0.05, 0) is 69.9 Å². The van der Waals surface area contributed by atoms with Crippen molar-refractivity contribution in [3.05, 3.63) is 36.9 Å². The van der Waals surface area contributed by atoms with Gasteiger partial charge in [0.2, 0.25) is 15.9 Å². The summed E-state index contributed by atoms with van der Waals surface area (Å²) in [4.78, 5) is 23.2. The molecule has 1 aromatic rings. The molecule has 0 bridgehead atoms. The lowest BCUT2D eigenvalue weighted by molar-refractivity contribution is -0.111. The van der Waals surface area contributed by atoms with Crippen LogP contribution in [0, 0.1) is 5.92 Å². The maximum atomic E-state index is 12.8. The van der Waals surface area contributed by atoms with Crippen molar-refractivity contribution in [3.8, 4) is 0 Å². The largest absolute Gasteiger partial charge is 0.444 e. The molecule has 0 saturated carbocycles. The molecule has 2 N–H and O–H groups in total. The number of rotatable bonds is 6. The average molecular weight is 424 g/mol. The zero-order valence-corrected chi connectivity index (χ0v) is 17.9. The minimum atomic E-state index is -3.60. The van der Waals surface area contributed by atoms with Gasteiger partial charge in [0.1, 0.15) is 5.60 Å². The molecule has 1 heterocycles. The Morgan fingerprint density at radius 3 is 2.31 bits per heavy atom. The van der Waals surface area contributed by atoms with Crippen LogP contribution in [0.1, 0.15) is 33.6 Å². The topological polar surface area (TPSA) is 105 Å².